The number of hydrogen-bond acceptors (Lipinski definition) is 6. The van der Waals surface area contributed by atoms with Crippen molar-refractivity contribution in [2.75, 3.05) is 10.7 Å². The van der Waals surface area contributed by atoms with Gasteiger partial charge in [0.05, 0.1) is 17.7 Å². The first-order valence-electron chi connectivity index (χ1n) is 12.5. The fourth-order valence-electron chi connectivity index (χ4n) is 6.83. The number of hydrogen-bond donors (Lipinski definition) is 1. The molecule has 1 aromatic carbocycles. The van der Waals surface area contributed by atoms with Crippen LogP contribution in [0, 0.1) is 17.8 Å². The van der Waals surface area contributed by atoms with Gasteiger partial charge >= 0.3 is 6.61 Å². The molecule has 1 N–H and O–H groups in total. The maximum Gasteiger partial charge on any atom is 0.387 e. The van der Waals surface area contributed by atoms with Crippen LogP contribution in [0.3, 0.4) is 0 Å². The van der Waals surface area contributed by atoms with Gasteiger partial charge in [-0.3, -0.25) is 14.5 Å². The summed E-state index contributed by atoms with van der Waals surface area (Å²) in [7, 11) is 0. The number of carbonyl (C=O) groups is 2. The molecule has 2 aromatic rings. The van der Waals surface area contributed by atoms with Crippen molar-refractivity contribution < 1.29 is 27.5 Å². The van der Waals surface area contributed by atoms with Gasteiger partial charge in [0, 0.05) is 11.6 Å². The van der Waals surface area contributed by atoms with Crippen LogP contribution in [0.2, 0.25) is 0 Å². The number of amidine groups is 1. The van der Waals surface area contributed by atoms with Gasteiger partial charge in [-0.1, -0.05) is 11.8 Å². The molecule has 4 aliphatic carbocycles. The minimum Gasteiger partial charge on any atom is -0.465 e. The zero-order valence-electron chi connectivity index (χ0n) is 20.1. The zero-order chi connectivity index (χ0) is 25.6. The van der Waals surface area contributed by atoms with Gasteiger partial charge in [0.1, 0.15) is 17.2 Å². The largest absolute Gasteiger partial charge is 0.465 e. The standard InChI is InChI=1S/C27H27F2N3O4S/c28-25(29)36-20-5-3-19(4-6-20)32-24(34)22(11-21-2-1-7-35-21)30-26(32)37-15-23(33)31-27-12-16-8-17(13-27)10-18(9-16)14-27/h1-7,11,16-18,25H,8-10,12-15H2,(H,31,33). The molecule has 1 aliphatic heterocycles. The van der Waals surface area contributed by atoms with Gasteiger partial charge in [-0.2, -0.15) is 8.78 Å². The number of rotatable bonds is 7. The lowest BCUT2D eigenvalue weighted by Crippen LogP contribution is -2.60. The summed E-state index contributed by atoms with van der Waals surface area (Å²) < 4.78 is 34.9. The van der Waals surface area contributed by atoms with E-state index < -0.39 is 12.5 Å². The topological polar surface area (TPSA) is 84.1 Å². The van der Waals surface area contributed by atoms with Crippen LogP contribution in [0.25, 0.3) is 6.08 Å². The van der Waals surface area contributed by atoms with E-state index in [4.69, 9.17) is 4.42 Å². The molecule has 0 unspecified atom stereocenters. The highest BCUT2D eigenvalue weighted by atomic mass is 32.2. The first-order valence-corrected chi connectivity index (χ1v) is 13.5. The summed E-state index contributed by atoms with van der Waals surface area (Å²) >= 11 is 1.18. The molecule has 2 amide bonds. The Labute approximate surface area is 217 Å². The van der Waals surface area contributed by atoms with Crippen LogP contribution in [0.5, 0.6) is 5.75 Å². The number of benzene rings is 1. The molecule has 10 heteroatoms. The molecule has 7 rings (SSSR count). The van der Waals surface area contributed by atoms with Crippen molar-refractivity contribution in [2.24, 2.45) is 22.7 Å². The summed E-state index contributed by atoms with van der Waals surface area (Å²) in [4.78, 5) is 32.2. The lowest BCUT2D eigenvalue weighted by atomic mass is 9.53. The van der Waals surface area contributed by atoms with E-state index in [-0.39, 0.29) is 28.6 Å². The van der Waals surface area contributed by atoms with E-state index in [0.717, 1.165) is 37.0 Å². The second-order valence-electron chi connectivity index (χ2n) is 10.5. The number of furan rings is 1. The van der Waals surface area contributed by atoms with E-state index in [1.807, 2.05) is 0 Å². The Kier molecular flexibility index (Phi) is 6.30. The molecule has 4 fully saturated rings. The maximum absolute atomic E-state index is 13.3. The number of nitrogens with one attached hydrogen (secondary N) is 1. The molecule has 0 radical (unpaired) electrons. The van der Waals surface area contributed by atoms with Gasteiger partial charge in [-0.05, 0) is 92.7 Å². The molecule has 194 valence electrons. The van der Waals surface area contributed by atoms with Crippen LogP contribution in [0.15, 0.2) is 57.8 Å². The van der Waals surface area contributed by atoms with Gasteiger partial charge in [-0.25, -0.2) is 4.99 Å². The minimum absolute atomic E-state index is 0.0159. The number of amides is 2. The summed E-state index contributed by atoms with van der Waals surface area (Å²) in [5.74, 6) is 2.27. The number of ether oxygens (including phenoxy) is 1. The normalized spacial score (nSPS) is 29.3. The van der Waals surface area contributed by atoms with Crippen molar-refractivity contribution >= 4 is 40.5 Å². The quantitative estimate of drug-likeness (QED) is 0.485. The number of nitrogens with zero attached hydrogens (tertiary/aromatic N) is 2. The number of thioether (sulfide) groups is 1. The van der Waals surface area contributed by atoms with E-state index in [9.17, 15) is 18.4 Å². The highest BCUT2D eigenvalue weighted by Crippen LogP contribution is 2.55. The predicted molar refractivity (Wildman–Crippen MR) is 136 cm³/mol. The number of carbonyl (C=O) groups excluding carboxylic acids is 2. The lowest BCUT2D eigenvalue weighted by molar-refractivity contribution is -0.124. The number of halogens is 2. The zero-order valence-corrected chi connectivity index (χ0v) is 20.9. The third-order valence-corrected chi connectivity index (χ3v) is 8.69. The Morgan fingerprint density at radius 1 is 1.16 bits per heavy atom. The first-order chi connectivity index (χ1) is 17.9. The highest BCUT2D eigenvalue weighted by Gasteiger charge is 2.51. The Balaban J connectivity index is 1.19. The minimum atomic E-state index is -2.94. The van der Waals surface area contributed by atoms with Crippen LogP contribution < -0.4 is 15.0 Å². The van der Waals surface area contributed by atoms with Crippen molar-refractivity contribution in [1.29, 1.82) is 0 Å². The fourth-order valence-corrected chi connectivity index (χ4v) is 7.64. The van der Waals surface area contributed by atoms with Crippen LogP contribution in [0.1, 0.15) is 44.3 Å². The summed E-state index contributed by atoms with van der Waals surface area (Å²) in [6.45, 7) is -2.94. The monoisotopic (exact) mass is 527 g/mol. The van der Waals surface area contributed by atoms with Crippen molar-refractivity contribution in [3.05, 3.63) is 54.1 Å². The van der Waals surface area contributed by atoms with Gasteiger partial charge in [0.2, 0.25) is 5.91 Å². The second-order valence-corrected chi connectivity index (χ2v) is 11.4. The Hall–Kier alpha value is -3.14. The maximum atomic E-state index is 13.3. The summed E-state index contributed by atoms with van der Waals surface area (Å²) in [5, 5.41) is 3.69. The smallest absolute Gasteiger partial charge is 0.387 e. The highest BCUT2D eigenvalue weighted by molar-refractivity contribution is 8.14. The van der Waals surface area contributed by atoms with Gasteiger partial charge < -0.3 is 14.5 Å². The van der Waals surface area contributed by atoms with Gasteiger partial charge in [0.15, 0.2) is 5.17 Å². The predicted octanol–water partition coefficient (Wildman–Crippen LogP) is 5.44. The molecular formula is C27H27F2N3O4S. The molecule has 0 spiro atoms. The summed E-state index contributed by atoms with van der Waals surface area (Å²) in [6, 6.07) is 9.17. The molecule has 7 nitrogen and oxygen atoms in total. The molecule has 4 bridgehead atoms. The van der Waals surface area contributed by atoms with Crippen LogP contribution in [-0.2, 0) is 9.59 Å². The second kappa shape index (κ2) is 9.63. The van der Waals surface area contributed by atoms with E-state index in [1.54, 1.807) is 12.1 Å². The number of aliphatic imine (C=N–C) groups is 1. The average molecular weight is 528 g/mol. The molecule has 0 saturated heterocycles. The Morgan fingerprint density at radius 3 is 2.43 bits per heavy atom. The molecule has 4 saturated carbocycles. The number of anilines is 1. The lowest BCUT2D eigenvalue weighted by Gasteiger charge is -2.56. The fraction of sp³-hybridized carbons (Fsp3) is 0.444. The third-order valence-electron chi connectivity index (χ3n) is 7.75. The van der Waals surface area contributed by atoms with E-state index in [2.05, 4.69) is 15.0 Å². The van der Waals surface area contributed by atoms with Gasteiger partial charge in [-0.15, -0.1) is 0 Å². The van der Waals surface area contributed by atoms with Gasteiger partial charge in [0.25, 0.3) is 5.91 Å². The molecule has 5 aliphatic rings. The van der Waals surface area contributed by atoms with Crippen molar-refractivity contribution in [3.8, 4) is 5.75 Å². The van der Waals surface area contributed by atoms with Crippen LogP contribution >= 0.6 is 11.8 Å². The molecule has 0 atom stereocenters. The average Bonchev–Trinajstić information content (AvgIpc) is 3.45. The van der Waals surface area contributed by atoms with Crippen molar-refractivity contribution in [3.63, 3.8) is 0 Å². The first kappa shape index (κ1) is 24.2. The molecular weight excluding hydrogens is 500 g/mol. The van der Waals surface area contributed by atoms with Crippen LogP contribution in [0.4, 0.5) is 14.5 Å². The van der Waals surface area contributed by atoms with Crippen molar-refractivity contribution in [2.45, 2.75) is 50.7 Å². The van der Waals surface area contributed by atoms with Crippen molar-refractivity contribution in [1.82, 2.24) is 5.32 Å². The molecule has 2 heterocycles. The van der Waals surface area contributed by atoms with E-state index in [0.29, 0.717) is 16.6 Å². The summed E-state index contributed by atoms with van der Waals surface area (Å²) in [5.41, 5.74) is 0.499. The summed E-state index contributed by atoms with van der Waals surface area (Å²) in [6.07, 6.45) is 10.1. The Bertz CT molecular complexity index is 1210. The van der Waals surface area contributed by atoms with E-state index in [1.165, 1.54) is 72.5 Å². The SMILES string of the molecule is O=C(CSC1=NC(=Cc2ccco2)C(=O)N1c1ccc(OC(F)F)cc1)NC12CC3CC(CC(C3)C1)C2. The number of alkyl halides is 2. The van der Waals surface area contributed by atoms with E-state index >= 15 is 0 Å². The molecule has 1 aromatic heterocycles. The molecule has 37 heavy (non-hydrogen) atoms. The Morgan fingerprint density at radius 2 is 1.84 bits per heavy atom. The van der Waals surface area contributed by atoms with Crippen LogP contribution in [-0.4, -0.2) is 34.9 Å². The third kappa shape index (κ3) is 5.03.